The molecule has 4 rings (SSSR count). The van der Waals surface area contributed by atoms with Crippen LogP contribution in [-0.4, -0.2) is 44.1 Å². The Labute approximate surface area is 191 Å². The lowest BCUT2D eigenvalue weighted by Gasteiger charge is -2.37. The first kappa shape index (κ1) is 23.6. The lowest BCUT2D eigenvalue weighted by molar-refractivity contribution is 0.0617. The molecule has 1 aromatic heterocycles. The van der Waals surface area contributed by atoms with Gasteiger partial charge in [0.2, 0.25) is 5.43 Å². The molecule has 2 aromatic rings. The monoisotopic (exact) mass is 477 g/mol. The van der Waals surface area contributed by atoms with Gasteiger partial charge in [-0.25, -0.2) is 13.2 Å². The van der Waals surface area contributed by atoms with E-state index >= 15 is 0 Å². The molecule has 1 aromatic carbocycles. The molecular formula is C23H22F3N3O5. The first-order valence-corrected chi connectivity index (χ1v) is 10.6. The third-order valence-corrected chi connectivity index (χ3v) is 6.19. The summed E-state index contributed by atoms with van der Waals surface area (Å²) in [6.45, 7) is 3.01. The molecule has 0 saturated carbocycles. The van der Waals surface area contributed by atoms with Crippen LogP contribution in [0.15, 0.2) is 29.1 Å². The van der Waals surface area contributed by atoms with Crippen LogP contribution in [0.4, 0.5) is 13.2 Å². The zero-order valence-electron chi connectivity index (χ0n) is 18.3. The van der Waals surface area contributed by atoms with Gasteiger partial charge < -0.3 is 25.0 Å². The SMILES string of the molecule is C/C=C\C(C)N1CC2CC(O)c3c(C(=O)NCc4c(F)cc(F)cc4F)c(=O)c(O)c(n32)C1=O. The van der Waals surface area contributed by atoms with Gasteiger partial charge in [-0.3, -0.25) is 14.4 Å². The summed E-state index contributed by atoms with van der Waals surface area (Å²) in [7, 11) is 0. The molecule has 3 unspecified atom stereocenters. The average molecular weight is 477 g/mol. The number of aromatic nitrogens is 1. The van der Waals surface area contributed by atoms with E-state index in [1.165, 1.54) is 9.47 Å². The van der Waals surface area contributed by atoms with Crippen molar-refractivity contribution in [2.45, 2.75) is 45.0 Å². The van der Waals surface area contributed by atoms with E-state index in [-0.39, 0.29) is 30.4 Å². The van der Waals surface area contributed by atoms with Crippen LogP contribution in [0, 0.1) is 17.5 Å². The van der Waals surface area contributed by atoms with Crippen molar-refractivity contribution in [1.82, 2.24) is 14.8 Å². The van der Waals surface area contributed by atoms with Crippen molar-refractivity contribution in [3.05, 3.63) is 74.5 Å². The highest BCUT2D eigenvalue weighted by molar-refractivity contribution is 6.00. The van der Waals surface area contributed by atoms with Crippen LogP contribution in [0.2, 0.25) is 0 Å². The van der Waals surface area contributed by atoms with E-state index in [9.17, 15) is 37.8 Å². The van der Waals surface area contributed by atoms with E-state index in [1.54, 1.807) is 26.0 Å². The van der Waals surface area contributed by atoms with Gasteiger partial charge in [0.25, 0.3) is 11.8 Å². The van der Waals surface area contributed by atoms with Crippen LogP contribution < -0.4 is 10.7 Å². The van der Waals surface area contributed by atoms with Gasteiger partial charge >= 0.3 is 0 Å². The molecule has 0 spiro atoms. The van der Waals surface area contributed by atoms with Gasteiger partial charge in [0.15, 0.2) is 11.4 Å². The number of nitrogens with one attached hydrogen (secondary N) is 1. The molecule has 11 heteroatoms. The van der Waals surface area contributed by atoms with Gasteiger partial charge in [-0.2, -0.15) is 0 Å². The average Bonchev–Trinajstić information content (AvgIpc) is 3.07. The Balaban J connectivity index is 1.75. The highest BCUT2D eigenvalue weighted by atomic mass is 19.1. The predicted octanol–water partition coefficient (Wildman–Crippen LogP) is 2.30. The van der Waals surface area contributed by atoms with Crippen molar-refractivity contribution in [1.29, 1.82) is 0 Å². The number of aromatic hydroxyl groups is 1. The molecule has 0 radical (unpaired) electrons. The first-order valence-electron chi connectivity index (χ1n) is 10.6. The van der Waals surface area contributed by atoms with Crippen molar-refractivity contribution in [2.75, 3.05) is 6.54 Å². The minimum atomic E-state index is -1.29. The summed E-state index contributed by atoms with van der Waals surface area (Å²) >= 11 is 0. The summed E-state index contributed by atoms with van der Waals surface area (Å²) in [5.41, 5.74) is -2.91. The largest absolute Gasteiger partial charge is 0.503 e. The van der Waals surface area contributed by atoms with E-state index in [0.717, 1.165) is 0 Å². The number of aliphatic hydroxyl groups excluding tert-OH is 1. The number of carbonyl (C=O) groups excluding carboxylic acids is 2. The van der Waals surface area contributed by atoms with Crippen molar-refractivity contribution in [3.8, 4) is 5.75 Å². The quantitative estimate of drug-likeness (QED) is 0.573. The lowest BCUT2D eigenvalue weighted by Crippen LogP contribution is -2.47. The Kier molecular flexibility index (Phi) is 5.98. The molecule has 0 aliphatic carbocycles. The molecule has 3 atom stereocenters. The molecule has 180 valence electrons. The number of halogens is 3. The Morgan fingerprint density at radius 2 is 1.91 bits per heavy atom. The summed E-state index contributed by atoms with van der Waals surface area (Å²) in [4.78, 5) is 40.4. The number of aliphatic hydroxyl groups is 1. The van der Waals surface area contributed by atoms with E-state index in [0.29, 0.717) is 12.1 Å². The van der Waals surface area contributed by atoms with E-state index < -0.39 is 70.3 Å². The number of carbonyl (C=O) groups is 2. The van der Waals surface area contributed by atoms with Gasteiger partial charge in [-0.15, -0.1) is 0 Å². The van der Waals surface area contributed by atoms with Gasteiger partial charge in [0.05, 0.1) is 17.8 Å². The molecule has 0 saturated heterocycles. The standard InChI is InChI=1S/C23H22F3N3O5/c1-3-4-10(2)28-9-12-7-16(30)18-17(20(31)21(32)19(23(28)34)29(12)18)22(33)27-8-13-14(25)5-11(24)6-15(13)26/h3-6,10,12,16,30,32H,7-9H2,1-2H3,(H,27,33)/b4-3-. The zero-order chi connectivity index (χ0) is 24.9. The van der Waals surface area contributed by atoms with E-state index in [4.69, 9.17) is 0 Å². The van der Waals surface area contributed by atoms with Crippen molar-refractivity contribution < 1.29 is 33.0 Å². The predicted molar refractivity (Wildman–Crippen MR) is 114 cm³/mol. The molecule has 34 heavy (non-hydrogen) atoms. The Bertz CT molecular complexity index is 1270. The molecular weight excluding hydrogens is 455 g/mol. The zero-order valence-corrected chi connectivity index (χ0v) is 18.3. The second-order valence-electron chi connectivity index (χ2n) is 8.32. The summed E-state index contributed by atoms with van der Waals surface area (Å²) in [5.74, 6) is -6.27. The molecule has 8 nitrogen and oxygen atoms in total. The summed E-state index contributed by atoms with van der Waals surface area (Å²) in [6, 6.07) is 0.0508. The van der Waals surface area contributed by atoms with Gasteiger partial charge in [0, 0.05) is 43.2 Å². The van der Waals surface area contributed by atoms with Crippen LogP contribution in [0.5, 0.6) is 5.75 Å². The van der Waals surface area contributed by atoms with Crippen molar-refractivity contribution >= 4 is 11.8 Å². The lowest BCUT2D eigenvalue weighted by atomic mass is 10.1. The number of benzene rings is 1. The minimum absolute atomic E-state index is 0.0870. The second-order valence-corrected chi connectivity index (χ2v) is 8.32. The number of amides is 2. The van der Waals surface area contributed by atoms with Crippen LogP contribution in [0.3, 0.4) is 0 Å². The molecule has 2 aliphatic rings. The van der Waals surface area contributed by atoms with E-state index in [1.807, 2.05) is 0 Å². The molecule has 2 aliphatic heterocycles. The van der Waals surface area contributed by atoms with Gasteiger partial charge in [-0.05, 0) is 13.8 Å². The normalized spacial score (nSPS) is 20.1. The number of hydrogen-bond acceptors (Lipinski definition) is 5. The number of allylic oxidation sites excluding steroid dienone is 1. The topological polar surface area (TPSA) is 112 Å². The molecule has 3 heterocycles. The maximum Gasteiger partial charge on any atom is 0.275 e. The maximum absolute atomic E-state index is 13.9. The fraction of sp³-hybridized carbons (Fsp3) is 0.348. The number of rotatable bonds is 5. The second kappa shape index (κ2) is 8.64. The molecule has 0 bridgehead atoms. The number of hydrogen-bond donors (Lipinski definition) is 3. The smallest absolute Gasteiger partial charge is 0.275 e. The minimum Gasteiger partial charge on any atom is -0.503 e. The van der Waals surface area contributed by atoms with Crippen molar-refractivity contribution in [2.24, 2.45) is 0 Å². The highest BCUT2D eigenvalue weighted by Crippen LogP contribution is 2.42. The third kappa shape index (κ3) is 3.65. The third-order valence-electron chi connectivity index (χ3n) is 6.19. The Morgan fingerprint density at radius 3 is 2.53 bits per heavy atom. The number of pyridine rings is 1. The summed E-state index contributed by atoms with van der Waals surface area (Å²) in [6.07, 6.45) is 2.32. The highest BCUT2D eigenvalue weighted by Gasteiger charge is 2.45. The molecule has 0 fully saturated rings. The summed E-state index contributed by atoms with van der Waals surface area (Å²) < 4.78 is 42.3. The summed E-state index contributed by atoms with van der Waals surface area (Å²) in [5, 5.41) is 23.5. The molecule has 3 N–H and O–H groups in total. The van der Waals surface area contributed by atoms with Gasteiger partial charge in [0.1, 0.15) is 23.0 Å². The Hall–Kier alpha value is -3.60. The molecule has 2 amide bonds. The fourth-order valence-corrected chi connectivity index (χ4v) is 4.64. The van der Waals surface area contributed by atoms with Crippen LogP contribution in [0.25, 0.3) is 0 Å². The van der Waals surface area contributed by atoms with Crippen LogP contribution in [-0.2, 0) is 6.54 Å². The van der Waals surface area contributed by atoms with Crippen LogP contribution in [0.1, 0.15) is 64.5 Å². The van der Waals surface area contributed by atoms with Crippen LogP contribution >= 0.6 is 0 Å². The maximum atomic E-state index is 13.9. The van der Waals surface area contributed by atoms with Gasteiger partial charge in [-0.1, -0.05) is 12.2 Å². The van der Waals surface area contributed by atoms with E-state index in [2.05, 4.69) is 5.32 Å². The Morgan fingerprint density at radius 1 is 1.26 bits per heavy atom. The first-order chi connectivity index (χ1) is 16.1. The fourth-order valence-electron chi connectivity index (χ4n) is 4.64. The number of nitrogens with zero attached hydrogens (tertiary/aromatic N) is 2. The van der Waals surface area contributed by atoms with Crippen molar-refractivity contribution in [3.63, 3.8) is 0 Å².